The van der Waals surface area contributed by atoms with Gasteiger partial charge in [0.25, 0.3) is 0 Å². The number of aromatic nitrogens is 2. The van der Waals surface area contributed by atoms with Crippen molar-refractivity contribution in [1.82, 2.24) is 9.55 Å². The third kappa shape index (κ3) is 2.81. The molecule has 0 amide bonds. The Morgan fingerprint density at radius 2 is 1.86 bits per heavy atom. The lowest BCUT2D eigenvalue weighted by Gasteiger charge is -2.09. The van der Waals surface area contributed by atoms with Crippen LogP contribution in [0.4, 0.5) is 0 Å². The van der Waals surface area contributed by atoms with Crippen molar-refractivity contribution in [2.45, 2.75) is 6.54 Å². The van der Waals surface area contributed by atoms with Crippen LogP contribution in [-0.4, -0.2) is 9.55 Å². The molecule has 3 nitrogen and oxygen atoms in total. The molecule has 4 heteroatoms. The highest BCUT2D eigenvalue weighted by molar-refractivity contribution is 6.33. The van der Waals surface area contributed by atoms with Gasteiger partial charge >= 0.3 is 0 Å². The maximum atomic E-state index is 8.83. The molecule has 1 aromatic heterocycles. The van der Waals surface area contributed by atoms with Gasteiger partial charge in [0, 0.05) is 24.5 Å². The van der Waals surface area contributed by atoms with Gasteiger partial charge in [-0.25, -0.2) is 4.98 Å². The summed E-state index contributed by atoms with van der Waals surface area (Å²) in [4.78, 5) is 4.40. The summed E-state index contributed by atoms with van der Waals surface area (Å²) < 4.78 is 2.04. The average Bonchev–Trinajstić information content (AvgIpc) is 2.96. The molecule has 0 aliphatic rings. The molecule has 0 fully saturated rings. The van der Waals surface area contributed by atoms with E-state index in [-0.39, 0.29) is 0 Å². The fourth-order valence-electron chi connectivity index (χ4n) is 2.20. The Kier molecular flexibility index (Phi) is 3.72. The number of nitriles is 1. The first kappa shape index (κ1) is 13.4. The molecule has 0 spiro atoms. The zero-order valence-corrected chi connectivity index (χ0v) is 12.0. The molecule has 3 aromatic rings. The van der Waals surface area contributed by atoms with E-state index in [1.165, 1.54) is 0 Å². The highest BCUT2D eigenvalue weighted by Crippen LogP contribution is 2.26. The summed E-state index contributed by atoms with van der Waals surface area (Å²) in [7, 11) is 0. The van der Waals surface area contributed by atoms with Crippen LogP contribution in [0.25, 0.3) is 11.4 Å². The van der Waals surface area contributed by atoms with Crippen molar-refractivity contribution in [2.24, 2.45) is 0 Å². The van der Waals surface area contributed by atoms with Crippen LogP contribution < -0.4 is 0 Å². The number of imidazole rings is 1. The summed E-state index contributed by atoms with van der Waals surface area (Å²) in [6, 6.07) is 17.3. The first-order valence-corrected chi connectivity index (χ1v) is 6.91. The highest BCUT2D eigenvalue weighted by atomic mass is 35.5. The molecule has 1 heterocycles. The smallest absolute Gasteiger partial charge is 0.141 e. The van der Waals surface area contributed by atoms with E-state index < -0.39 is 0 Å². The van der Waals surface area contributed by atoms with Gasteiger partial charge in [0.1, 0.15) is 5.82 Å². The summed E-state index contributed by atoms with van der Waals surface area (Å²) >= 11 is 6.24. The monoisotopic (exact) mass is 293 g/mol. The van der Waals surface area contributed by atoms with E-state index in [4.69, 9.17) is 16.9 Å². The second kappa shape index (κ2) is 5.82. The second-order valence-corrected chi connectivity index (χ2v) is 5.07. The summed E-state index contributed by atoms with van der Waals surface area (Å²) in [5.41, 5.74) is 2.69. The lowest BCUT2D eigenvalue weighted by Crippen LogP contribution is -2.01. The van der Waals surface area contributed by atoms with Crippen LogP contribution in [-0.2, 0) is 6.54 Å². The van der Waals surface area contributed by atoms with Gasteiger partial charge in [-0.15, -0.1) is 0 Å². The molecule has 2 aromatic carbocycles. The Labute approximate surface area is 128 Å². The van der Waals surface area contributed by atoms with Crippen molar-refractivity contribution in [3.05, 3.63) is 77.1 Å². The lowest BCUT2D eigenvalue weighted by atomic mass is 10.1. The van der Waals surface area contributed by atoms with E-state index in [0.29, 0.717) is 17.1 Å². The molecular weight excluding hydrogens is 282 g/mol. The molecule has 0 aliphatic heterocycles. The van der Waals surface area contributed by atoms with Gasteiger partial charge < -0.3 is 4.57 Å². The summed E-state index contributed by atoms with van der Waals surface area (Å²) in [6.45, 7) is 0.687. The SMILES string of the molecule is N#Cc1ccc(Cn2ccnc2-c2ccccc2Cl)cc1. The van der Waals surface area contributed by atoms with E-state index in [0.717, 1.165) is 17.0 Å². The van der Waals surface area contributed by atoms with Gasteiger partial charge in [0.15, 0.2) is 0 Å². The van der Waals surface area contributed by atoms with Crippen LogP contribution in [0.5, 0.6) is 0 Å². The number of hydrogen-bond donors (Lipinski definition) is 0. The topological polar surface area (TPSA) is 41.6 Å². The predicted molar refractivity (Wildman–Crippen MR) is 82.9 cm³/mol. The van der Waals surface area contributed by atoms with Crippen LogP contribution in [0.15, 0.2) is 60.9 Å². The molecular formula is C17H12ClN3. The van der Waals surface area contributed by atoms with Gasteiger partial charge in [-0.05, 0) is 29.8 Å². The minimum atomic E-state index is 0.663. The van der Waals surface area contributed by atoms with E-state index in [2.05, 4.69) is 11.1 Å². The molecule has 102 valence electrons. The molecule has 3 rings (SSSR count). The van der Waals surface area contributed by atoms with Crippen molar-refractivity contribution in [3.8, 4) is 17.5 Å². The Balaban J connectivity index is 1.92. The Morgan fingerprint density at radius 1 is 1.10 bits per heavy atom. The molecule has 0 saturated carbocycles. The number of hydrogen-bond acceptors (Lipinski definition) is 2. The van der Waals surface area contributed by atoms with Crippen LogP contribution in [0.3, 0.4) is 0 Å². The minimum Gasteiger partial charge on any atom is -0.327 e. The predicted octanol–water partition coefficient (Wildman–Crippen LogP) is 4.12. The third-order valence-electron chi connectivity index (χ3n) is 3.27. The summed E-state index contributed by atoms with van der Waals surface area (Å²) in [6.07, 6.45) is 3.69. The molecule has 0 radical (unpaired) electrons. The van der Waals surface area contributed by atoms with Crippen LogP contribution in [0.1, 0.15) is 11.1 Å². The fourth-order valence-corrected chi connectivity index (χ4v) is 2.43. The quantitative estimate of drug-likeness (QED) is 0.729. The third-order valence-corrected chi connectivity index (χ3v) is 3.60. The van der Waals surface area contributed by atoms with E-state index in [1.54, 1.807) is 6.20 Å². The normalized spacial score (nSPS) is 10.3. The van der Waals surface area contributed by atoms with Crippen molar-refractivity contribution >= 4 is 11.6 Å². The minimum absolute atomic E-state index is 0.663. The van der Waals surface area contributed by atoms with Gasteiger partial charge in [-0.3, -0.25) is 0 Å². The summed E-state index contributed by atoms with van der Waals surface area (Å²) in [5, 5.41) is 9.51. The van der Waals surface area contributed by atoms with E-state index in [1.807, 2.05) is 59.3 Å². The zero-order chi connectivity index (χ0) is 14.7. The molecule has 0 unspecified atom stereocenters. The zero-order valence-electron chi connectivity index (χ0n) is 11.2. The van der Waals surface area contributed by atoms with Gasteiger partial charge in [-0.2, -0.15) is 5.26 Å². The first-order valence-electron chi connectivity index (χ1n) is 6.53. The van der Waals surface area contributed by atoms with Crippen LogP contribution in [0, 0.1) is 11.3 Å². The van der Waals surface area contributed by atoms with E-state index >= 15 is 0 Å². The fraction of sp³-hybridized carbons (Fsp3) is 0.0588. The average molecular weight is 294 g/mol. The van der Waals surface area contributed by atoms with Crippen LogP contribution >= 0.6 is 11.6 Å². The number of halogens is 1. The van der Waals surface area contributed by atoms with Gasteiger partial charge in [0.05, 0.1) is 16.7 Å². The Morgan fingerprint density at radius 3 is 2.57 bits per heavy atom. The largest absolute Gasteiger partial charge is 0.327 e. The van der Waals surface area contributed by atoms with E-state index in [9.17, 15) is 0 Å². The van der Waals surface area contributed by atoms with Gasteiger partial charge in [0.2, 0.25) is 0 Å². The first-order chi connectivity index (χ1) is 10.3. The highest BCUT2D eigenvalue weighted by Gasteiger charge is 2.09. The number of nitrogens with zero attached hydrogens (tertiary/aromatic N) is 3. The molecule has 0 N–H and O–H groups in total. The van der Waals surface area contributed by atoms with Crippen molar-refractivity contribution < 1.29 is 0 Å². The lowest BCUT2D eigenvalue weighted by molar-refractivity contribution is 0.807. The van der Waals surface area contributed by atoms with Crippen molar-refractivity contribution in [2.75, 3.05) is 0 Å². The molecule has 0 aliphatic carbocycles. The number of rotatable bonds is 3. The summed E-state index contributed by atoms with van der Waals surface area (Å²) in [5.74, 6) is 0.838. The maximum Gasteiger partial charge on any atom is 0.141 e. The van der Waals surface area contributed by atoms with Crippen molar-refractivity contribution in [1.29, 1.82) is 5.26 Å². The van der Waals surface area contributed by atoms with Gasteiger partial charge in [-0.1, -0.05) is 35.9 Å². The van der Waals surface area contributed by atoms with Crippen molar-refractivity contribution in [3.63, 3.8) is 0 Å². The molecule has 0 atom stereocenters. The number of benzene rings is 2. The Bertz CT molecular complexity index is 797. The maximum absolute atomic E-state index is 8.83. The van der Waals surface area contributed by atoms with Crippen LogP contribution in [0.2, 0.25) is 5.02 Å². The standard InChI is InChI=1S/C17H12ClN3/c18-16-4-2-1-3-15(16)17-20-9-10-21(17)12-14-7-5-13(11-19)6-8-14/h1-10H,12H2. The second-order valence-electron chi connectivity index (χ2n) is 4.67. The Hall–Kier alpha value is -2.57. The molecule has 0 saturated heterocycles. The molecule has 21 heavy (non-hydrogen) atoms. The molecule has 0 bridgehead atoms.